The fourth-order valence-electron chi connectivity index (χ4n) is 1.35. The molecule has 0 atom stereocenters. The van der Waals surface area contributed by atoms with Crippen molar-refractivity contribution in [3.05, 3.63) is 0 Å². The minimum absolute atomic E-state index is 0.157. The Bertz CT molecular complexity index is 276. The second kappa shape index (κ2) is 13.0. The molecule has 6 heteroatoms. The summed E-state index contributed by atoms with van der Waals surface area (Å²) in [5.41, 5.74) is 0. The fraction of sp³-hybridized carbons (Fsp3) is 0.857. The summed E-state index contributed by atoms with van der Waals surface area (Å²) in [5, 5.41) is 0. The average molecular weight is 305 g/mol. The van der Waals surface area contributed by atoms with E-state index in [1.807, 2.05) is 13.8 Å². The first-order valence-electron chi connectivity index (χ1n) is 7.33. The molecular weight excluding hydrogens is 279 g/mol. The van der Waals surface area contributed by atoms with Crippen molar-refractivity contribution in [1.82, 2.24) is 0 Å². The molecule has 0 radical (unpaired) electrons. The summed E-state index contributed by atoms with van der Waals surface area (Å²) in [6.45, 7) is 4.89. The molecule has 0 spiro atoms. The molecule has 0 aromatic carbocycles. The standard InChI is InChI=1S/C14H26O5P/c1-3-5-9-18-13(15)7-11-20(17)12-8-14(16)19-10-6-4-2/h3-12H2,1-2H3/q+1. The van der Waals surface area contributed by atoms with Gasteiger partial charge < -0.3 is 9.47 Å². The van der Waals surface area contributed by atoms with Crippen LogP contribution in [-0.4, -0.2) is 37.5 Å². The second-order valence-corrected chi connectivity index (χ2v) is 6.44. The quantitative estimate of drug-likeness (QED) is 0.314. The average Bonchev–Trinajstić information content (AvgIpc) is 2.43. The lowest BCUT2D eigenvalue weighted by Crippen LogP contribution is -2.08. The molecule has 20 heavy (non-hydrogen) atoms. The summed E-state index contributed by atoms with van der Waals surface area (Å²) < 4.78 is 21.6. The Labute approximate surface area is 122 Å². The predicted octanol–water partition coefficient (Wildman–Crippen LogP) is 3.28. The highest BCUT2D eigenvalue weighted by molar-refractivity contribution is 7.44. The van der Waals surface area contributed by atoms with Gasteiger partial charge in [0.1, 0.15) is 0 Å². The van der Waals surface area contributed by atoms with Crippen LogP contribution < -0.4 is 0 Å². The van der Waals surface area contributed by atoms with Crippen LogP contribution in [0.15, 0.2) is 0 Å². The first kappa shape index (κ1) is 19.0. The molecule has 0 fully saturated rings. The Morgan fingerprint density at radius 1 is 0.850 bits per heavy atom. The van der Waals surface area contributed by atoms with Crippen LogP contribution in [0.1, 0.15) is 52.4 Å². The Hall–Kier alpha value is -0.960. The van der Waals surface area contributed by atoms with Crippen molar-refractivity contribution in [3.8, 4) is 0 Å². The van der Waals surface area contributed by atoms with Gasteiger partial charge in [-0.1, -0.05) is 31.3 Å². The van der Waals surface area contributed by atoms with E-state index in [1.165, 1.54) is 0 Å². The van der Waals surface area contributed by atoms with Crippen molar-refractivity contribution in [3.63, 3.8) is 0 Å². The minimum Gasteiger partial charge on any atom is -0.466 e. The maximum absolute atomic E-state index is 11.6. The van der Waals surface area contributed by atoms with Gasteiger partial charge in [0.05, 0.1) is 26.1 Å². The summed E-state index contributed by atoms with van der Waals surface area (Å²) in [5.74, 6) is -0.625. The summed E-state index contributed by atoms with van der Waals surface area (Å²) in [4.78, 5) is 22.6. The van der Waals surface area contributed by atoms with Gasteiger partial charge in [0, 0.05) is 0 Å². The Kier molecular flexibility index (Phi) is 12.4. The van der Waals surface area contributed by atoms with E-state index in [1.54, 1.807) is 0 Å². The van der Waals surface area contributed by atoms with E-state index in [4.69, 9.17) is 9.47 Å². The minimum atomic E-state index is -1.53. The fourth-order valence-corrected chi connectivity index (χ4v) is 2.44. The zero-order valence-corrected chi connectivity index (χ0v) is 13.5. The summed E-state index contributed by atoms with van der Waals surface area (Å²) in [6.07, 6.45) is 4.52. The van der Waals surface area contributed by atoms with Crippen LogP contribution in [0.25, 0.3) is 0 Å². The number of hydrogen-bond acceptors (Lipinski definition) is 5. The van der Waals surface area contributed by atoms with Gasteiger partial charge in [-0.05, 0) is 12.8 Å². The topological polar surface area (TPSA) is 69.7 Å². The maximum Gasteiger partial charge on any atom is 0.339 e. The van der Waals surface area contributed by atoms with Crippen LogP contribution in [0.5, 0.6) is 0 Å². The van der Waals surface area contributed by atoms with Crippen molar-refractivity contribution < 1.29 is 23.6 Å². The highest BCUT2D eigenvalue weighted by Gasteiger charge is 2.20. The molecule has 0 saturated heterocycles. The van der Waals surface area contributed by atoms with Gasteiger partial charge >= 0.3 is 19.7 Å². The van der Waals surface area contributed by atoms with Crippen LogP contribution in [0.3, 0.4) is 0 Å². The number of carbonyl (C=O) groups excluding carboxylic acids is 2. The number of ether oxygens (including phenoxy) is 2. The number of hydrogen-bond donors (Lipinski definition) is 0. The third kappa shape index (κ3) is 12.1. The number of unbranched alkanes of at least 4 members (excludes halogenated alkanes) is 2. The van der Waals surface area contributed by atoms with E-state index in [0.29, 0.717) is 13.2 Å². The molecule has 0 aliphatic rings. The summed E-state index contributed by atoms with van der Waals surface area (Å²) in [7, 11) is -1.53. The summed E-state index contributed by atoms with van der Waals surface area (Å²) >= 11 is 0. The van der Waals surface area contributed by atoms with Crippen LogP contribution in [0.2, 0.25) is 0 Å². The lowest BCUT2D eigenvalue weighted by Gasteiger charge is -2.01. The third-order valence-corrected chi connectivity index (χ3v) is 4.10. The SMILES string of the molecule is CCCCOC(=O)CC[P+](=O)CCC(=O)OCCCC. The van der Waals surface area contributed by atoms with Gasteiger partial charge in [-0.3, -0.25) is 9.59 Å². The number of rotatable bonds is 12. The van der Waals surface area contributed by atoms with E-state index in [9.17, 15) is 14.2 Å². The van der Waals surface area contributed by atoms with Crippen LogP contribution >= 0.6 is 7.80 Å². The van der Waals surface area contributed by atoms with Crippen LogP contribution in [0.4, 0.5) is 0 Å². The van der Waals surface area contributed by atoms with Crippen LogP contribution in [-0.2, 0) is 23.6 Å². The lowest BCUT2D eigenvalue weighted by molar-refractivity contribution is -0.144. The van der Waals surface area contributed by atoms with E-state index >= 15 is 0 Å². The second-order valence-electron chi connectivity index (χ2n) is 4.58. The number of esters is 2. The van der Waals surface area contributed by atoms with E-state index in [2.05, 4.69) is 0 Å². The molecule has 0 aromatic heterocycles. The Balaban J connectivity index is 3.57. The molecule has 0 aliphatic heterocycles. The Morgan fingerprint density at radius 3 is 1.60 bits per heavy atom. The first-order chi connectivity index (χ1) is 9.60. The van der Waals surface area contributed by atoms with E-state index < -0.39 is 7.80 Å². The molecule has 0 heterocycles. The zero-order chi connectivity index (χ0) is 15.2. The van der Waals surface area contributed by atoms with Gasteiger partial charge in [-0.15, -0.1) is 0 Å². The highest BCUT2D eigenvalue weighted by Crippen LogP contribution is 2.22. The number of carbonyl (C=O) groups is 2. The van der Waals surface area contributed by atoms with Gasteiger partial charge in [0.2, 0.25) is 0 Å². The van der Waals surface area contributed by atoms with Gasteiger partial charge in [-0.2, -0.15) is 0 Å². The molecule has 116 valence electrons. The zero-order valence-electron chi connectivity index (χ0n) is 12.6. The molecule has 0 bridgehead atoms. The molecular formula is C14H26O5P+. The van der Waals surface area contributed by atoms with Crippen molar-refractivity contribution >= 4 is 19.7 Å². The molecule has 0 aliphatic carbocycles. The molecule has 0 N–H and O–H groups in total. The molecule has 5 nitrogen and oxygen atoms in total. The first-order valence-corrected chi connectivity index (χ1v) is 8.96. The van der Waals surface area contributed by atoms with Crippen molar-refractivity contribution in [2.24, 2.45) is 0 Å². The largest absolute Gasteiger partial charge is 0.466 e. The van der Waals surface area contributed by atoms with Crippen molar-refractivity contribution in [2.75, 3.05) is 25.5 Å². The molecule has 0 aromatic rings. The maximum atomic E-state index is 11.6. The van der Waals surface area contributed by atoms with Crippen LogP contribution in [0, 0.1) is 0 Å². The molecule has 0 rings (SSSR count). The predicted molar refractivity (Wildman–Crippen MR) is 78.3 cm³/mol. The van der Waals surface area contributed by atoms with Gasteiger partial charge in [0.15, 0.2) is 12.3 Å². The summed E-state index contributed by atoms with van der Waals surface area (Å²) in [6, 6.07) is 0. The van der Waals surface area contributed by atoms with Crippen molar-refractivity contribution in [1.29, 1.82) is 0 Å². The Morgan fingerprint density at radius 2 is 1.25 bits per heavy atom. The normalized spacial score (nSPS) is 10.1. The monoisotopic (exact) mass is 305 g/mol. The third-order valence-electron chi connectivity index (χ3n) is 2.65. The van der Waals surface area contributed by atoms with Crippen molar-refractivity contribution in [2.45, 2.75) is 52.4 Å². The van der Waals surface area contributed by atoms with E-state index in [0.717, 1.165) is 25.7 Å². The van der Waals surface area contributed by atoms with Gasteiger partial charge in [0.25, 0.3) is 0 Å². The smallest absolute Gasteiger partial charge is 0.339 e. The van der Waals surface area contributed by atoms with Gasteiger partial charge in [-0.25, -0.2) is 0 Å². The van der Waals surface area contributed by atoms with E-state index in [-0.39, 0.29) is 37.1 Å². The molecule has 0 amide bonds. The molecule has 0 unspecified atom stereocenters. The highest BCUT2D eigenvalue weighted by atomic mass is 31.1. The molecule has 0 saturated carbocycles. The lowest BCUT2D eigenvalue weighted by atomic mass is 10.4.